The van der Waals surface area contributed by atoms with Crippen molar-refractivity contribution < 1.29 is 27.3 Å². The zero-order chi connectivity index (χ0) is 27.4. The third kappa shape index (κ3) is 5.49. The number of hydrogen-bond acceptors (Lipinski definition) is 8. The zero-order valence-corrected chi connectivity index (χ0v) is 22.1. The van der Waals surface area contributed by atoms with Crippen LogP contribution < -0.4 is 21.1 Å². The molecule has 4 rings (SSSR count). The maximum atomic E-state index is 13.7. The van der Waals surface area contributed by atoms with Gasteiger partial charge in [0.05, 0.1) is 7.11 Å². The lowest BCUT2D eigenvalue weighted by molar-refractivity contribution is -0.127. The Morgan fingerprint density at radius 3 is 2.47 bits per heavy atom. The molecule has 1 saturated heterocycles. The molecule has 0 saturated carbocycles. The van der Waals surface area contributed by atoms with Gasteiger partial charge in [0.15, 0.2) is 11.9 Å². The number of nitrogens with two attached hydrogens (primary N) is 1. The fourth-order valence-corrected chi connectivity index (χ4v) is 6.16. The molecule has 12 nitrogen and oxygen atoms in total. The number of sulfonamides is 1. The maximum absolute atomic E-state index is 13.7. The molecule has 1 aromatic heterocycles. The molecule has 3 aromatic rings. The van der Waals surface area contributed by atoms with E-state index < -0.39 is 28.1 Å². The molecule has 0 bridgehead atoms. The lowest BCUT2D eigenvalue weighted by atomic mass is 10.1. The van der Waals surface area contributed by atoms with Crippen molar-refractivity contribution in [1.82, 2.24) is 19.7 Å². The Morgan fingerprint density at radius 1 is 1.13 bits per heavy atom. The number of ether oxygens (including phenoxy) is 1. The summed E-state index contributed by atoms with van der Waals surface area (Å²) in [5, 5.41) is 9.24. The molecule has 2 heterocycles. The van der Waals surface area contributed by atoms with E-state index in [1.54, 1.807) is 24.3 Å². The highest BCUT2D eigenvalue weighted by Gasteiger charge is 2.48. The molecule has 202 valence electrons. The number of aryl methyl sites for hydroxylation is 2. The number of carbonyl (C=O) groups is 2. The van der Waals surface area contributed by atoms with Crippen LogP contribution in [0.15, 0.2) is 57.9 Å². The molecular weight excluding hydrogens is 512 g/mol. The predicted molar refractivity (Wildman–Crippen MR) is 139 cm³/mol. The summed E-state index contributed by atoms with van der Waals surface area (Å²) in [6, 6.07) is 13.4. The van der Waals surface area contributed by atoms with Gasteiger partial charge in [0, 0.05) is 31.9 Å². The van der Waals surface area contributed by atoms with Crippen molar-refractivity contribution in [3.05, 3.63) is 71.1 Å². The van der Waals surface area contributed by atoms with Crippen LogP contribution in [0, 0.1) is 13.8 Å². The molecule has 1 aliphatic rings. The number of aromatic nitrogens is 1. The van der Waals surface area contributed by atoms with Gasteiger partial charge in [-0.2, -0.15) is 4.31 Å². The number of hydrogen-bond donors (Lipinski definition) is 3. The highest BCUT2D eigenvalue weighted by Crippen LogP contribution is 2.29. The minimum atomic E-state index is -4.23. The van der Waals surface area contributed by atoms with Gasteiger partial charge < -0.3 is 25.6 Å². The van der Waals surface area contributed by atoms with Gasteiger partial charge in [0.25, 0.3) is 15.9 Å². The van der Waals surface area contributed by atoms with Gasteiger partial charge in [-0.05, 0) is 49.2 Å². The smallest absolute Gasteiger partial charge is 0.323 e. The van der Waals surface area contributed by atoms with Gasteiger partial charge in [0.1, 0.15) is 16.3 Å². The second-order valence-electron chi connectivity index (χ2n) is 8.74. The number of nitrogens with zero attached hydrogens (tertiary/aromatic N) is 3. The monoisotopic (exact) mass is 542 g/mol. The summed E-state index contributed by atoms with van der Waals surface area (Å²) >= 11 is 0. The second-order valence-corrected chi connectivity index (χ2v) is 10.6. The third-order valence-corrected chi connectivity index (χ3v) is 8.29. The summed E-state index contributed by atoms with van der Waals surface area (Å²) in [5.74, 6) is 0.0547. The Bertz CT molecular complexity index is 1400. The molecule has 1 aliphatic heterocycles. The number of rotatable bonds is 8. The van der Waals surface area contributed by atoms with Crippen LogP contribution in [-0.2, 0) is 27.9 Å². The molecule has 4 N–H and O–H groups in total. The molecule has 1 atom stereocenters. The fraction of sp³-hybridized carbons (Fsp3) is 0.320. The number of anilines is 1. The number of nitrogens with one attached hydrogen (secondary N) is 2. The normalized spacial score (nSPS) is 15.9. The Hall–Kier alpha value is -3.94. The van der Waals surface area contributed by atoms with Crippen molar-refractivity contribution in [3.63, 3.8) is 0 Å². The fourth-order valence-electron chi connectivity index (χ4n) is 4.32. The molecule has 13 heteroatoms. The molecule has 2 aromatic carbocycles. The van der Waals surface area contributed by atoms with Crippen LogP contribution in [0.5, 0.6) is 5.75 Å². The Morgan fingerprint density at radius 2 is 1.84 bits per heavy atom. The lowest BCUT2D eigenvalue weighted by Gasteiger charge is -2.28. The van der Waals surface area contributed by atoms with Crippen LogP contribution in [0.25, 0.3) is 0 Å². The molecule has 38 heavy (non-hydrogen) atoms. The first-order valence-corrected chi connectivity index (χ1v) is 13.3. The van der Waals surface area contributed by atoms with Gasteiger partial charge in [-0.25, -0.2) is 13.2 Å². The maximum Gasteiger partial charge on any atom is 0.323 e. The summed E-state index contributed by atoms with van der Waals surface area (Å²) in [5.41, 5.74) is 8.01. The predicted octanol–water partition coefficient (Wildman–Crippen LogP) is 1.94. The van der Waals surface area contributed by atoms with Crippen molar-refractivity contribution in [2.75, 3.05) is 25.5 Å². The first kappa shape index (κ1) is 27.1. The van der Waals surface area contributed by atoms with E-state index in [1.807, 2.05) is 24.3 Å². The number of amides is 3. The van der Waals surface area contributed by atoms with Gasteiger partial charge in [-0.15, -0.1) is 0 Å². The molecule has 0 aliphatic carbocycles. The molecule has 1 unspecified atom stereocenters. The first-order chi connectivity index (χ1) is 18.1. The topological polar surface area (TPSA) is 160 Å². The van der Waals surface area contributed by atoms with Crippen LogP contribution in [0.2, 0.25) is 0 Å². The van der Waals surface area contributed by atoms with Crippen molar-refractivity contribution in [1.29, 1.82) is 0 Å². The highest BCUT2D eigenvalue weighted by molar-refractivity contribution is 7.89. The van der Waals surface area contributed by atoms with Gasteiger partial charge in [0.2, 0.25) is 0 Å². The summed E-state index contributed by atoms with van der Waals surface area (Å²) in [7, 11) is -2.70. The standard InChI is InChI=1S/C25H30N6O6S/c1-16-22(17(2)37-29-16)38(34,35)31-12-11-30(25(33)28-20-7-9-21(36-3)10-8-20)24(31)23(32)27-15-19-6-4-5-18(13-19)14-26/h4-10,13,24H,11-12,14-15,26H2,1-3H3,(H,27,32)(H,28,33). The summed E-state index contributed by atoms with van der Waals surface area (Å²) in [4.78, 5) is 27.8. The van der Waals surface area contributed by atoms with E-state index in [9.17, 15) is 18.0 Å². The Labute approximate surface area is 220 Å². The number of carbonyl (C=O) groups excluding carboxylic acids is 2. The number of methoxy groups -OCH3 is 1. The van der Waals surface area contributed by atoms with Crippen molar-refractivity contribution >= 4 is 27.6 Å². The van der Waals surface area contributed by atoms with E-state index in [0.717, 1.165) is 15.4 Å². The Balaban J connectivity index is 1.62. The SMILES string of the molecule is COc1ccc(NC(=O)N2CCN(S(=O)(=O)c3c(C)noc3C)C2C(=O)NCc2cccc(CN)c2)cc1. The van der Waals surface area contributed by atoms with Crippen LogP contribution in [-0.4, -0.2) is 61.1 Å². The van der Waals surface area contributed by atoms with Crippen molar-refractivity contribution in [2.45, 2.75) is 38.0 Å². The van der Waals surface area contributed by atoms with E-state index in [1.165, 1.54) is 25.9 Å². The van der Waals surface area contributed by atoms with Crippen molar-refractivity contribution in [3.8, 4) is 5.75 Å². The first-order valence-electron chi connectivity index (χ1n) is 11.9. The second kappa shape index (κ2) is 11.2. The van der Waals surface area contributed by atoms with Crippen LogP contribution in [0.1, 0.15) is 22.6 Å². The minimum absolute atomic E-state index is 0.00859. The van der Waals surface area contributed by atoms with Gasteiger partial charge in [-0.3, -0.25) is 9.69 Å². The van der Waals surface area contributed by atoms with Gasteiger partial charge >= 0.3 is 6.03 Å². The van der Waals surface area contributed by atoms with E-state index in [0.29, 0.717) is 18.0 Å². The number of benzene rings is 2. The van der Waals surface area contributed by atoms with E-state index in [4.69, 9.17) is 15.0 Å². The Kier molecular flexibility index (Phi) is 7.99. The van der Waals surface area contributed by atoms with Gasteiger partial charge in [-0.1, -0.05) is 29.4 Å². The molecule has 0 spiro atoms. The minimum Gasteiger partial charge on any atom is -0.497 e. The van der Waals surface area contributed by atoms with Crippen LogP contribution >= 0.6 is 0 Å². The van der Waals surface area contributed by atoms with Crippen LogP contribution in [0.4, 0.5) is 10.5 Å². The summed E-state index contributed by atoms with van der Waals surface area (Å²) in [6.45, 7) is 3.35. The molecule has 3 amide bonds. The molecule has 1 fully saturated rings. The highest BCUT2D eigenvalue weighted by atomic mass is 32.2. The molecule has 0 radical (unpaired) electrons. The molecular formula is C25H30N6O6S. The largest absolute Gasteiger partial charge is 0.497 e. The third-order valence-electron chi connectivity index (χ3n) is 6.19. The number of urea groups is 1. The van der Waals surface area contributed by atoms with E-state index in [2.05, 4.69) is 15.8 Å². The van der Waals surface area contributed by atoms with Crippen molar-refractivity contribution in [2.24, 2.45) is 5.73 Å². The zero-order valence-electron chi connectivity index (χ0n) is 21.3. The van der Waals surface area contributed by atoms with E-state index >= 15 is 0 Å². The quantitative estimate of drug-likeness (QED) is 0.389. The summed E-state index contributed by atoms with van der Waals surface area (Å²) < 4.78 is 38.5. The summed E-state index contributed by atoms with van der Waals surface area (Å²) in [6.07, 6.45) is -1.44. The van der Waals surface area contributed by atoms with E-state index in [-0.39, 0.29) is 36.0 Å². The average Bonchev–Trinajstić information content (AvgIpc) is 3.52. The average molecular weight is 543 g/mol. The lowest BCUT2D eigenvalue weighted by Crippen LogP contribution is -2.54. The van der Waals surface area contributed by atoms with Crippen LogP contribution in [0.3, 0.4) is 0 Å².